The van der Waals surface area contributed by atoms with Crippen LogP contribution in [0.4, 0.5) is 0 Å². The number of hydrogen-bond acceptors (Lipinski definition) is 2. The molecule has 15 heavy (non-hydrogen) atoms. The van der Waals surface area contributed by atoms with Crippen LogP contribution in [-0.2, 0) is 4.79 Å². The van der Waals surface area contributed by atoms with Crippen molar-refractivity contribution in [3.63, 3.8) is 0 Å². The Bertz CT molecular complexity index is 406. The average molecular weight is 267 g/mol. The van der Waals surface area contributed by atoms with Crippen molar-refractivity contribution in [1.29, 1.82) is 0 Å². The number of aliphatic hydroxyl groups is 1. The highest BCUT2D eigenvalue weighted by molar-refractivity contribution is 9.10. The normalized spacial score (nSPS) is 21.3. The zero-order chi connectivity index (χ0) is 10.8. The van der Waals surface area contributed by atoms with Crippen LogP contribution < -0.4 is 0 Å². The molecule has 0 radical (unpaired) electrons. The molecule has 0 amide bonds. The van der Waals surface area contributed by atoms with Gasteiger partial charge in [-0.2, -0.15) is 0 Å². The Morgan fingerprint density at radius 1 is 1.20 bits per heavy atom. The molecule has 0 aliphatic heterocycles. The van der Waals surface area contributed by atoms with Gasteiger partial charge in [-0.1, -0.05) is 28.1 Å². The Balaban J connectivity index is 2.22. The fourth-order valence-corrected chi connectivity index (χ4v) is 2.11. The lowest BCUT2D eigenvalue weighted by molar-refractivity contribution is -0.115. The SMILES string of the molecule is O=C1C=C(O)C[C@@H](c2ccc(Br)cc2)C1. The summed E-state index contributed by atoms with van der Waals surface area (Å²) in [5.74, 6) is 0.321. The van der Waals surface area contributed by atoms with E-state index in [1.807, 2.05) is 24.3 Å². The Kier molecular flexibility index (Phi) is 2.91. The van der Waals surface area contributed by atoms with Gasteiger partial charge in [0.25, 0.3) is 0 Å². The number of ketones is 1. The van der Waals surface area contributed by atoms with Gasteiger partial charge >= 0.3 is 0 Å². The standard InChI is InChI=1S/C12H11BrO2/c13-10-3-1-8(2-4-10)9-5-11(14)7-12(15)6-9/h1-4,7,9,14H,5-6H2/t9-/m1/s1. The zero-order valence-electron chi connectivity index (χ0n) is 8.11. The summed E-state index contributed by atoms with van der Waals surface area (Å²) in [6.45, 7) is 0. The minimum absolute atomic E-state index is 0.00617. The predicted octanol–water partition coefficient (Wildman–Crippen LogP) is 3.34. The molecule has 0 unspecified atom stereocenters. The van der Waals surface area contributed by atoms with E-state index in [0.717, 1.165) is 10.0 Å². The molecule has 3 heteroatoms. The third-order valence-corrected chi connectivity index (χ3v) is 3.10. The van der Waals surface area contributed by atoms with E-state index in [1.165, 1.54) is 6.08 Å². The molecule has 1 atom stereocenters. The molecule has 0 aromatic heterocycles. The largest absolute Gasteiger partial charge is 0.512 e. The Labute approximate surface area is 96.7 Å². The van der Waals surface area contributed by atoms with Crippen LogP contribution in [0.5, 0.6) is 0 Å². The van der Waals surface area contributed by atoms with Gasteiger partial charge in [-0.3, -0.25) is 4.79 Å². The lowest BCUT2D eigenvalue weighted by Gasteiger charge is -2.19. The smallest absolute Gasteiger partial charge is 0.159 e. The molecule has 0 bridgehead atoms. The van der Waals surface area contributed by atoms with E-state index in [4.69, 9.17) is 0 Å². The fourth-order valence-electron chi connectivity index (χ4n) is 1.84. The molecule has 0 spiro atoms. The molecule has 78 valence electrons. The van der Waals surface area contributed by atoms with Crippen LogP contribution in [0.1, 0.15) is 24.3 Å². The average Bonchev–Trinajstić information content (AvgIpc) is 2.17. The molecule has 0 saturated heterocycles. The number of halogens is 1. The molecule has 1 aliphatic carbocycles. The topological polar surface area (TPSA) is 37.3 Å². The second-order valence-corrected chi connectivity index (χ2v) is 4.67. The van der Waals surface area contributed by atoms with Crippen molar-refractivity contribution in [1.82, 2.24) is 0 Å². The first-order chi connectivity index (χ1) is 7.15. The van der Waals surface area contributed by atoms with Gasteiger partial charge in [0.2, 0.25) is 0 Å². The number of hydrogen-bond donors (Lipinski definition) is 1. The van der Waals surface area contributed by atoms with Crippen LogP contribution in [-0.4, -0.2) is 10.9 Å². The maximum atomic E-state index is 11.3. The molecule has 1 aromatic carbocycles. The summed E-state index contributed by atoms with van der Waals surface area (Å²) in [7, 11) is 0. The monoisotopic (exact) mass is 266 g/mol. The van der Waals surface area contributed by atoms with E-state index >= 15 is 0 Å². The Morgan fingerprint density at radius 2 is 1.87 bits per heavy atom. The van der Waals surface area contributed by atoms with Crippen LogP contribution in [0, 0.1) is 0 Å². The second-order valence-electron chi connectivity index (χ2n) is 3.76. The molecular formula is C12H11BrO2. The molecule has 2 rings (SSSR count). The van der Waals surface area contributed by atoms with Crippen molar-refractivity contribution in [2.75, 3.05) is 0 Å². The molecule has 2 nitrogen and oxygen atoms in total. The van der Waals surface area contributed by atoms with E-state index in [2.05, 4.69) is 15.9 Å². The molecule has 1 aliphatic rings. The highest BCUT2D eigenvalue weighted by Crippen LogP contribution is 2.30. The summed E-state index contributed by atoms with van der Waals surface area (Å²) in [6, 6.07) is 7.88. The highest BCUT2D eigenvalue weighted by Gasteiger charge is 2.21. The first-order valence-corrected chi connectivity index (χ1v) is 5.62. The van der Waals surface area contributed by atoms with E-state index in [0.29, 0.717) is 12.8 Å². The van der Waals surface area contributed by atoms with E-state index < -0.39 is 0 Å². The maximum Gasteiger partial charge on any atom is 0.159 e. The first-order valence-electron chi connectivity index (χ1n) is 4.83. The van der Waals surface area contributed by atoms with E-state index in [9.17, 15) is 9.90 Å². The zero-order valence-corrected chi connectivity index (χ0v) is 9.70. The minimum Gasteiger partial charge on any atom is -0.512 e. The van der Waals surface area contributed by atoms with Crippen molar-refractivity contribution in [3.05, 3.63) is 46.1 Å². The molecule has 0 fully saturated rings. The molecule has 0 heterocycles. The molecular weight excluding hydrogens is 256 g/mol. The van der Waals surface area contributed by atoms with E-state index in [1.54, 1.807) is 0 Å². The van der Waals surface area contributed by atoms with Crippen molar-refractivity contribution < 1.29 is 9.90 Å². The summed E-state index contributed by atoms with van der Waals surface area (Å²) >= 11 is 3.37. The summed E-state index contributed by atoms with van der Waals surface area (Å²) in [5.41, 5.74) is 1.10. The van der Waals surface area contributed by atoms with Crippen LogP contribution in [0.2, 0.25) is 0 Å². The lowest BCUT2D eigenvalue weighted by Crippen LogP contribution is -2.12. The Morgan fingerprint density at radius 3 is 2.47 bits per heavy atom. The summed E-state index contributed by atoms with van der Waals surface area (Å²) in [6.07, 6.45) is 2.38. The number of benzene rings is 1. The highest BCUT2D eigenvalue weighted by atomic mass is 79.9. The molecule has 1 N–H and O–H groups in total. The quantitative estimate of drug-likeness (QED) is 0.847. The minimum atomic E-state index is 0.00617. The summed E-state index contributed by atoms with van der Waals surface area (Å²) in [4.78, 5) is 11.3. The number of carbonyl (C=O) groups is 1. The number of rotatable bonds is 1. The van der Waals surface area contributed by atoms with Crippen molar-refractivity contribution in [3.8, 4) is 0 Å². The van der Waals surface area contributed by atoms with Crippen LogP contribution >= 0.6 is 15.9 Å². The fraction of sp³-hybridized carbons (Fsp3) is 0.250. The third kappa shape index (κ3) is 2.48. The van der Waals surface area contributed by atoms with Gasteiger partial charge in [-0.05, 0) is 23.6 Å². The number of aliphatic hydroxyl groups excluding tert-OH is 1. The van der Waals surface area contributed by atoms with Gasteiger partial charge in [0.1, 0.15) is 0 Å². The molecule has 1 aromatic rings. The van der Waals surface area contributed by atoms with Crippen LogP contribution in [0.3, 0.4) is 0 Å². The van der Waals surface area contributed by atoms with Gasteiger partial charge in [0.15, 0.2) is 5.78 Å². The number of allylic oxidation sites excluding steroid dienone is 2. The Hall–Kier alpha value is -1.09. The van der Waals surface area contributed by atoms with Gasteiger partial charge < -0.3 is 5.11 Å². The van der Waals surface area contributed by atoms with Crippen LogP contribution in [0.15, 0.2) is 40.6 Å². The second kappa shape index (κ2) is 4.19. The van der Waals surface area contributed by atoms with Gasteiger partial charge in [0.05, 0.1) is 5.76 Å². The van der Waals surface area contributed by atoms with Gasteiger partial charge in [-0.25, -0.2) is 0 Å². The first kappa shape index (κ1) is 10.4. The van der Waals surface area contributed by atoms with Gasteiger partial charge in [-0.15, -0.1) is 0 Å². The maximum absolute atomic E-state index is 11.3. The van der Waals surface area contributed by atoms with Crippen LogP contribution in [0.25, 0.3) is 0 Å². The predicted molar refractivity (Wildman–Crippen MR) is 61.8 cm³/mol. The summed E-state index contributed by atoms with van der Waals surface area (Å²) in [5, 5.41) is 9.40. The number of carbonyl (C=O) groups excluding carboxylic acids is 1. The van der Waals surface area contributed by atoms with Crippen molar-refractivity contribution in [2.24, 2.45) is 0 Å². The van der Waals surface area contributed by atoms with Crippen molar-refractivity contribution >= 4 is 21.7 Å². The summed E-state index contributed by atoms with van der Waals surface area (Å²) < 4.78 is 1.02. The van der Waals surface area contributed by atoms with Gasteiger partial charge in [0, 0.05) is 23.4 Å². The van der Waals surface area contributed by atoms with E-state index in [-0.39, 0.29) is 17.5 Å². The van der Waals surface area contributed by atoms with Crippen molar-refractivity contribution in [2.45, 2.75) is 18.8 Å². The molecule has 0 saturated carbocycles. The lowest BCUT2D eigenvalue weighted by atomic mass is 9.86. The third-order valence-electron chi connectivity index (χ3n) is 2.57.